The summed E-state index contributed by atoms with van der Waals surface area (Å²) in [6.07, 6.45) is 5.44. The van der Waals surface area contributed by atoms with Gasteiger partial charge >= 0.3 is 0 Å². The van der Waals surface area contributed by atoms with Crippen molar-refractivity contribution >= 4 is 11.6 Å². The van der Waals surface area contributed by atoms with E-state index < -0.39 is 5.41 Å². The molecule has 2 saturated heterocycles. The fourth-order valence-electron chi connectivity index (χ4n) is 4.11. The number of pyridine rings is 1. The Kier molecular flexibility index (Phi) is 4.43. The van der Waals surface area contributed by atoms with Gasteiger partial charge in [-0.2, -0.15) is 0 Å². The number of ether oxygens (including phenoxy) is 1. The van der Waals surface area contributed by atoms with E-state index in [1.54, 1.807) is 0 Å². The van der Waals surface area contributed by atoms with Gasteiger partial charge in [0.05, 0.1) is 5.41 Å². The molecule has 0 aliphatic carbocycles. The number of carbonyl (C=O) groups excluding carboxylic acids is 1. The molecule has 134 valence electrons. The summed E-state index contributed by atoms with van der Waals surface area (Å²) >= 11 is 0. The molecule has 4 rings (SSSR count). The smallest absolute Gasteiger partial charge is 0.230 e. The third-order valence-electron chi connectivity index (χ3n) is 5.71. The first-order chi connectivity index (χ1) is 12.2. The van der Waals surface area contributed by atoms with Crippen LogP contribution in [0.3, 0.4) is 0 Å². The number of likely N-dealkylation sites (tertiary alicyclic amines) is 1. The lowest BCUT2D eigenvalue weighted by atomic mass is 9.78. The molecule has 1 amide bonds. The molecule has 2 aromatic heterocycles. The molecule has 0 radical (unpaired) electrons. The first-order valence-corrected chi connectivity index (χ1v) is 9.10. The standard InChI is InChI=1S/C18H25N5O2/c19-13-18(6-10-25-11-7-18)17(24)22-8-3-4-14(12-22)16-21-20-15-5-1-2-9-23(15)16/h1-2,5,9,14H,3-4,6-8,10-13,19H2. The zero-order chi connectivity index (χ0) is 17.3. The first-order valence-electron chi connectivity index (χ1n) is 9.10. The minimum Gasteiger partial charge on any atom is -0.381 e. The highest BCUT2D eigenvalue weighted by molar-refractivity contribution is 5.83. The van der Waals surface area contributed by atoms with Crippen molar-refractivity contribution in [2.45, 2.75) is 31.6 Å². The number of hydrogen-bond acceptors (Lipinski definition) is 5. The molecule has 2 fully saturated rings. The van der Waals surface area contributed by atoms with Crippen LogP contribution in [-0.4, -0.2) is 58.3 Å². The van der Waals surface area contributed by atoms with E-state index in [9.17, 15) is 4.79 Å². The van der Waals surface area contributed by atoms with E-state index in [1.807, 2.05) is 33.7 Å². The van der Waals surface area contributed by atoms with Gasteiger partial charge in [0.15, 0.2) is 5.65 Å². The Morgan fingerprint density at radius 1 is 1.32 bits per heavy atom. The van der Waals surface area contributed by atoms with Crippen molar-refractivity contribution in [3.8, 4) is 0 Å². The third kappa shape index (κ3) is 2.91. The van der Waals surface area contributed by atoms with Crippen molar-refractivity contribution in [3.63, 3.8) is 0 Å². The maximum absolute atomic E-state index is 13.2. The molecule has 2 aromatic rings. The summed E-state index contributed by atoms with van der Waals surface area (Å²) in [4.78, 5) is 15.2. The Balaban J connectivity index is 1.55. The fourth-order valence-corrected chi connectivity index (χ4v) is 4.11. The lowest BCUT2D eigenvalue weighted by Crippen LogP contribution is -2.53. The molecule has 7 nitrogen and oxygen atoms in total. The second-order valence-electron chi connectivity index (χ2n) is 7.17. The molecule has 4 heterocycles. The number of nitrogens with zero attached hydrogens (tertiary/aromatic N) is 4. The molecular formula is C18H25N5O2. The number of carbonyl (C=O) groups is 1. The maximum atomic E-state index is 13.2. The molecule has 2 aliphatic heterocycles. The maximum Gasteiger partial charge on any atom is 0.230 e. The molecule has 0 aromatic carbocycles. The van der Waals surface area contributed by atoms with Crippen LogP contribution in [0, 0.1) is 5.41 Å². The van der Waals surface area contributed by atoms with Gasteiger partial charge in [-0.15, -0.1) is 10.2 Å². The number of nitrogens with two attached hydrogens (primary N) is 1. The summed E-state index contributed by atoms with van der Waals surface area (Å²) in [5, 5.41) is 8.65. The summed E-state index contributed by atoms with van der Waals surface area (Å²) in [6.45, 7) is 3.13. The first kappa shape index (κ1) is 16.5. The van der Waals surface area contributed by atoms with Gasteiger partial charge in [0.1, 0.15) is 5.82 Å². The van der Waals surface area contributed by atoms with E-state index in [-0.39, 0.29) is 11.8 Å². The second kappa shape index (κ2) is 6.72. The van der Waals surface area contributed by atoms with E-state index in [2.05, 4.69) is 10.2 Å². The largest absolute Gasteiger partial charge is 0.381 e. The van der Waals surface area contributed by atoms with Gasteiger partial charge in [-0.05, 0) is 37.8 Å². The van der Waals surface area contributed by atoms with Crippen LogP contribution < -0.4 is 5.73 Å². The Morgan fingerprint density at radius 3 is 2.96 bits per heavy atom. The van der Waals surface area contributed by atoms with E-state index >= 15 is 0 Å². The molecule has 1 atom stereocenters. The molecular weight excluding hydrogens is 318 g/mol. The average molecular weight is 343 g/mol. The zero-order valence-electron chi connectivity index (χ0n) is 14.4. The molecule has 0 saturated carbocycles. The Bertz CT molecular complexity index is 753. The van der Waals surface area contributed by atoms with Crippen molar-refractivity contribution in [1.29, 1.82) is 0 Å². The highest BCUT2D eigenvalue weighted by atomic mass is 16.5. The van der Waals surface area contributed by atoms with E-state index in [4.69, 9.17) is 10.5 Å². The predicted molar refractivity (Wildman–Crippen MR) is 93.1 cm³/mol. The number of piperidine rings is 1. The van der Waals surface area contributed by atoms with Gasteiger partial charge in [-0.3, -0.25) is 9.20 Å². The molecule has 2 aliphatic rings. The van der Waals surface area contributed by atoms with Crippen molar-refractivity contribution in [2.24, 2.45) is 11.1 Å². The van der Waals surface area contributed by atoms with Gasteiger partial charge in [0, 0.05) is 45.0 Å². The zero-order valence-corrected chi connectivity index (χ0v) is 14.4. The predicted octanol–water partition coefficient (Wildman–Crippen LogP) is 1.19. The summed E-state index contributed by atoms with van der Waals surface area (Å²) in [5.74, 6) is 1.35. The quantitative estimate of drug-likeness (QED) is 0.905. The second-order valence-corrected chi connectivity index (χ2v) is 7.17. The van der Waals surface area contributed by atoms with Crippen LogP contribution >= 0.6 is 0 Å². The van der Waals surface area contributed by atoms with Crippen molar-refractivity contribution in [1.82, 2.24) is 19.5 Å². The van der Waals surface area contributed by atoms with E-state index in [0.29, 0.717) is 26.3 Å². The van der Waals surface area contributed by atoms with Crippen LogP contribution in [0.15, 0.2) is 24.4 Å². The van der Waals surface area contributed by atoms with Gasteiger partial charge in [-0.25, -0.2) is 0 Å². The third-order valence-corrected chi connectivity index (χ3v) is 5.71. The molecule has 1 unspecified atom stereocenters. The Labute approximate surface area is 147 Å². The van der Waals surface area contributed by atoms with E-state index in [0.717, 1.165) is 43.7 Å². The Hall–Kier alpha value is -1.99. The average Bonchev–Trinajstić information content (AvgIpc) is 3.12. The molecule has 2 N–H and O–H groups in total. The number of aromatic nitrogens is 3. The summed E-state index contributed by atoms with van der Waals surface area (Å²) in [6, 6.07) is 5.89. The highest BCUT2D eigenvalue weighted by Crippen LogP contribution is 2.34. The molecule has 25 heavy (non-hydrogen) atoms. The van der Waals surface area contributed by atoms with Crippen molar-refractivity contribution < 1.29 is 9.53 Å². The minimum atomic E-state index is -0.451. The number of rotatable bonds is 3. The lowest BCUT2D eigenvalue weighted by Gasteiger charge is -2.41. The van der Waals surface area contributed by atoms with Crippen LogP contribution in [-0.2, 0) is 9.53 Å². The SMILES string of the molecule is NCC1(C(=O)N2CCCC(c3nnc4ccccn34)C2)CCOCC1. The molecule has 0 bridgehead atoms. The van der Waals surface area contributed by atoms with Crippen molar-refractivity contribution in [3.05, 3.63) is 30.2 Å². The topological polar surface area (TPSA) is 85.8 Å². The molecule has 7 heteroatoms. The minimum absolute atomic E-state index is 0.192. The highest BCUT2D eigenvalue weighted by Gasteiger charge is 2.42. The lowest BCUT2D eigenvalue weighted by molar-refractivity contribution is -0.148. The molecule has 0 spiro atoms. The number of amides is 1. The van der Waals surface area contributed by atoms with Crippen LogP contribution in [0.2, 0.25) is 0 Å². The van der Waals surface area contributed by atoms with Crippen LogP contribution in [0.25, 0.3) is 5.65 Å². The van der Waals surface area contributed by atoms with Gasteiger partial charge < -0.3 is 15.4 Å². The van der Waals surface area contributed by atoms with Crippen molar-refractivity contribution in [2.75, 3.05) is 32.8 Å². The summed E-state index contributed by atoms with van der Waals surface area (Å²) in [5.41, 5.74) is 6.42. The van der Waals surface area contributed by atoms with Crippen LogP contribution in [0.1, 0.15) is 37.4 Å². The monoisotopic (exact) mass is 343 g/mol. The Morgan fingerprint density at radius 2 is 2.16 bits per heavy atom. The number of fused-ring (bicyclic) bond motifs is 1. The number of hydrogen-bond donors (Lipinski definition) is 1. The van der Waals surface area contributed by atoms with Crippen LogP contribution in [0.5, 0.6) is 0 Å². The van der Waals surface area contributed by atoms with Gasteiger partial charge in [0.2, 0.25) is 5.91 Å². The fraction of sp³-hybridized carbons (Fsp3) is 0.611. The summed E-state index contributed by atoms with van der Waals surface area (Å²) in [7, 11) is 0. The summed E-state index contributed by atoms with van der Waals surface area (Å²) < 4.78 is 7.48. The normalized spacial score (nSPS) is 23.7. The van der Waals surface area contributed by atoms with E-state index in [1.165, 1.54) is 0 Å². The van der Waals surface area contributed by atoms with Gasteiger partial charge in [0.25, 0.3) is 0 Å². The van der Waals surface area contributed by atoms with Crippen LogP contribution in [0.4, 0.5) is 0 Å². The van der Waals surface area contributed by atoms with Gasteiger partial charge in [-0.1, -0.05) is 6.07 Å².